The molecular formula is C32H51Br2NO3. The van der Waals surface area contributed by atoms with Crippen LogP contribution in [-0.2, 0) is 11.9 Å². The number of alkyl halides is 1. The average Bonchev–Trinajstić information content (AvgIpc) is 2.92. The van der Waals surface area contributed by atoms with Crippen molar-refractivity contribution in [2.45, 2.75) is 122 Å². The molecule has 0 bridgehead atoms. The van der Waals surface area contributed by atoms with Crippen molar-refractivity contribution in [2.24, 2.45) is 0 Å². The number of para-hydroxylation sites is 1. The highest BCUT2D eigenvalue weighted by Crippen LogP contribution is 2.21. The molecule has 1 aromatic carbocycles. The monoisotopic (exact) mass is 655 g/mol. The second kappa shape index (κ2) is 22.5. The van der Waals surface area contributed by atoms with Gasteiger partial charge in [0.05, 0.1) is 26.5 Å². The summed E-state index contributed by atoms with van der Waals surface area (Å²) in [6.07, 6.45) is 23.4. The summed E-state index contributed by atoms with van der Waals surface area (Å²) in [5.41, 5.74) is 1.94. The van der Waals surface area contributed by atoms with E-state index < -0.39 is 0 Å². The van der Waals surface area contributed by atoms with E-state index in [1.54, 1.807) is 13.2 Å². The van der Waals surface area contributed by atoms with E-state index in [4.69, 9.17) is 9.47 Å². The normalized spacial score (nSPS) is 10.8. The minimum Gasteiger partial charge on any atom is -0.496 e. The molecule has 0 radical (unpaired) electrons. The highest BCUT2D eigenvalue weighted by atomic mass is 79.9. The Morgan fingerprint density at radius 1 is 0.763 bits per heavy atom. The van der Waals surface area contributed by atoms with Crippen molar-refractivity contribution in [3.63, 3.8) is 0 Å². The second-order valence-electron chi connectivity index (χ2n) is 10.2. The summed E-state index contributed by atoms with van der Waals surface area (Å²) in [5, 5.41) is 0.608. The van der Waals surface area contributed by atoms with Gasteiger partial charge in [-0.1, -0.05) is 137 Å². The lowest BCUT2D eigenvalue weighted by Gasteiger charge is -2.16. The van der Waals surface area contributed by atoms with E-state index in [1.807, 2.05) is 30.5 Å². The van der Waals surface area contributed by atoms with Gasteiger partial charge in [-0.15, -0.1) is 17.0 Å². The van der Waals surface area contributed by atoms with Crippen LogP contribution < -0.4 is 14.9 Å². The smallest absolute Gasteiger partial charge is 0.223 e. The van der Waals surface area contributed by atoms with Gasteiger partial charge in [-0.05, 0) is 12.5 Å². The van der Waals surface area contributed by atoms with Crippen molar-refractivity contribution in [3.05, 3.63) is 58.0 Å². The maximum Gasteiger partial charge on any atom is 0.223 e. The molecule has 2 aromatic rings. The summed E-state index contributed by atoms with van der Waals surface area (Å²) >= 11 is 3.51. The van der Waals surface area contributed by atoms with Crippen LogP contribution in [0.1, 0.15) is 121 Å². The molecule has 216 valence electrons. The Bertz CT molecular complexity index is 916. The molecule has 1 heterocycles. The fourth-order valence-corrected chi connectivity index (χ4v) is 5.30. The van der Waals surface area contributed by atoms with Crippen LogP contribution in [0.2, 0.25) is 0 Å². The number of hydrogen-bond donors (Lipinski definition) is 0. The third kappa shape index (κ3) is 14.2. The van der Waals surface area contributed by atoms with Crippen molar-refractivity contribution in [1.82, 2.24) is 4.57 Å². The van der Waals surface area contributed by atoms with Gasteiger partial charge in [0, 0.05) is 22.7 Å². The summed E-state index contributed by atoms with van der Waals surface area (Å²) in [5.74, 6) is 1.28. The number of rotatable bonds is 22. The molecule has 2 rings (SSSR count). The number of pyridine rings is 1. The molecule has 1 aromatic heterocycles. The maximum absolute atomic E-state index is 12.5. The molecule has 0 amide bonds. The van der Waals surface area contributed by atoms with E-state index in [0.29, 0.717) is 24.2 Å². The molecule has 0 N–H and O–H groups in total. The van der Waals surface area contributed by atoms with E-state index in [9.17, 15) is 4.79 Å². The van der Waals surface area contributed by atoms with Crippen LogP contribution in [-0.4, -0.2) is 18.3 Å². The van der Waals surface area contributed by atoms with Crippen molar-refractivity contribution < 1.29 is 9.47 Å². The van der Waals surface area contributed by atoms with E-state index >= 15 is 0 Å². The second-order valence-corrected chi connectivity index (χ2v) is 10.8. The van der Waals surface area contributed by atoms with Crippen molar-refractivity contribution in [2.75, 3.05) is 13.7 Å². The van der Waals surface area contributed by atoms with Gasteiger partial charge in [0.2, 0.25) is 5.43 Å². The van der Waals surface area contributed by atoms with Crippen molar-refractivity contribution >= 4 is 32.9 Å². The van der Waals surface area contributed by atoms with Crippen LogP contribution in [0.4, 0.5) is 0 Å². The minimum atomic E-state index is -0.0535. The van der Waals surface area contributed by atoms with Gasteiger partial charge in [0.15, 0.2) is 5.75 Å². The molecule has 0 aliphatic carbocycles. The topological polar surface area (TPSA) is 40.5 Å². The summed E-state index contributed by atoms with van der Waals surface area (Å²) in [6.45, 7) is 3.50. The first kappa shape index (κ1) is 34.8. The Morgan fingerprint density at radius 3 is 1.82 bits per heavy atom. The number of ether oxygens (including phenoxy) is 2. The first-order valence-corrected chi connectivity index (χ1v) is 15.9. The largest absolute Gasteiger partial charge is 0.496 e. The summed E-state index contributed by atoms with van der Waals surface area (Å²) in [7, 11) is 1.68. The van der Waals surface area contributed by atoms with Gasteiger partial charge in [0.25, 0.3) is 0 Å². The predicted octanol–water partition coefficient (Wildman–Crippen LogP) is 10.0. The van der Waals surface area contributed by atoms with Crippen LogP contribution in [0.25, 0.3) is 0 Å². The number of hydrogen-bond acceptors (Lipinski definition) is 3. The molecule has 0 unspecified atom stereocenters. The molecule has 0 saturated carbocycles. The number of halogens is 2. The van der Waals surface area contributed by atoms with Gasteiger partial charge < -0.3 is 14.0 Å². The van der Waals surface area contributed by atoms with Gasteiger partial charge in [-0.2, -0.15) is 0 Å². The highest BCUT2D eigenvalue weighted by molar-refractivity contribution is 9.08. The van der Waals surface area contributed by atoms with Crippen LogP contribution >= 0.6 is 32.9 Å². The fourth-order valence-electron chi connectivity index (χ4n) is 4.81. The maximum atomic E-state index is 12.5. The summed E-state index contributed by atoms with van der Waals surface area (Å²) in [4.78, 5) is 12.5. The molecule has 0 saturated heterocycles. The SMILES string of the molecule is Br.CCCCCCCCCCCCCCCCCCOc1cn(Cc2ccccc2OC)c(CBr)cc1=O. The Labute approximate surface area is 250 Å². The zero-order valence-corrected chi connectivity index (χ0v) is 27.2. The van der Waals surface area contributed by atoms with E-state index in [2.05, 4.69) is 27.4 Å². The fraction of sp³-hybridized carbons (Fsp3) is 0.656. The predicted molar refractivity (Wildman–Crippen MR) is 171 cm³/mol. The van der Waals surface area contributed by atoms with E-state index in [1.165, 1.54) is 89.9 Å². The first-order chi connectivity index (χ1) is 18.2. The molecule has 38 heavy (non-hydrogen) atoms. The Morgan fingerprint density at radius 2 is 1.29 bits per heavy atom. The lowest BCUT2D eigenvalue weighted by Crippen LogP contribution is -2.16. The standard InChI is InChI=1S/C32H50BrNO3.BrH/c1-3-4-5-6-7-8-9-10-11-12-13-14-15-16-17-20-23-37-32-27-34(29(25-33)24-30(32)35)26-28-21-18-19-22-31(28)36-2;/h18-19,21-22,24,27H,3-17,20,23,25-26H2,1-2H3;1H. The van der Waals surface area contributed by atoms with E-state index in [-0.39, 0.29) is 22.4 Å². The average molecular weight is 658 g/mol. The number of benzene rings is 1. The molecular weight excluding hydrogens is 606 g/mol. The molecule has 0 atom stereocenters. The van der Waals surface area contributed by atoms with Gasteiger partial charge >= 0.3 is 0 Å². The number of nitrogens with zero attached hydrogens (tertiary/aromatic N) is 1. The van der Waals surface area contributed by atoms with Crippen LogP contribution in [0.3, 0.4) is 0 Å². The first-order valence-electron chi connectivity index (χ1n) is 14.7. The van der Waals surface area contributed by atoms with Gasteiger partial charge in [0.1, 0.15) is 5.75 Å². The third-order valence-corrected chi connectivity index (χ3v) is 7.68. The molecule has 4 nitrogen and oxygen atoms in total. The molecule has 0 fully saturated rings. The Kier molecular flexibility index (Phi) is 20.6. The minimum absolute atomic E-state index is 0. The summed E-state index contributed by atoms with van der Waals surface area (Å²) in [6, 6.07) is 9.65. The number of aromatic nitrogens is 1. The molecule has 0 aliphatic heterocycles. The van der Waals surface area contributed by atoms with E-state index in [0.717, 1.165) is 29.8 Å². The molecule has 0 spiro atoms. The van der Waals surface area contributed by atoms with Crippen molar-refractivity contribution in [3.8, 4) is 11.5 Å². The zero-order valence-electron chi connectivity index (χ0n) is 23.9. The van der Waals surface area contributed by atoms with Crippen LogP contribution in [0.15, 0.2) is 41.3 Å². The van der Waals surface area contributed by atoms with Gasteiger partial charge in [-0.25, -0.2) is 0 Å². The number of methoxy groups -OCH3 is 1. The highest BCUT2D eigenvalue weighted by Gasteiger charge is 2.10. The Hall–Kier alpha value is -1.27. The van der Waals surface area contributed by atoms with Crippen LogP contribution in [0.5, 0.6) is 11.5 Å². The lowest BCUT2D eigenvalue weighted by molar-refractivity contribution is 0.298. The molecule has 6 heteroatoms. The Balaban J connectivity index is 0.00000722. The summed E-state index contributed by atoms with van der Waals surface area (Å²) < 4.78 is 13.5. The van der Waals surface area contributed by atoms with Crippen LogP contribution in [0, 0.1) is 0 Å². The quantitative estimate of drug-likeness (QED) is 0.0935. The zero-order chi connectivity index (χ0) is 26.6. The molecule has 0 aliphatic rings. The van der Waals surface area contributed by atoms with Crippen molar-refractivity contribution in [1.29, 1.82) is 0 Å². The van der Waals surface area contributed by atoms with Gasteiger partial charge in [-0.3, -0.25) is 4.79 Å². The number of unbranched alkanes of at least 4 members (excludes halogenated alkanes) is 15. The lowest BCUT2D eigenvalue weighted by atomic mass is 10.0. The third-order valence-electron chi connectivity index (χ3n) is 7.11.